The van der Waals surface area contributed by atoms with E-state index >= 15 is 0 Å². The number of Topliss-reactive ketones (excluding diaryl/α,β-unsaturated/α-hetero) is 1. The van der Waals surface area contributed by atoms with Crippen molar-refractivity contribution in [3.05, 3.63) is 442 Å². The predicted molar refractivity (Wildman–Crippen MR) is 564 cm³/mol. The third kappa shape index (κ3) is 37.8. The molecule has 0 unspecified atom stereocenters. The normalized spacial score (nSPS) is 11.5. The number of hydrogen-bond donors (Lipinski definition) is 4. The average Bonchev–Trinajstić information content (AvgIpc) is 0.827. The van der Waals surface area contributed by atoms with Gasteiger partial charge in [-0.2, -0.15) is 0 Å². The van der Waals surface area contributed by atoms with E-state index in [9.17, 15) is 76.9 Å². The molecule has 1 aromatic heterocycles. The summed E-state index contributed by atoms with van der Waals surface area (Å²) in [5, 5.41) is 0.920. The number of halogens is 5. The summed E-state index contributed by atoms with van der Waals surface area (Å²) in [5.74, 6) is -1.35. The zero-order valence-corrected chi connectivity index (χ0v) is 89.5. The molecule has 0 aliphatic carbocycles. The Balaban J connectivity index is 0.000000204. The molecule has 14 rings (SSSR count). The molecule has 33 heteroatoms. The zero-order valence-electron chi connectivity index (χ0n) is 82.3. The third-order valence-electron chi connectivity index (χ3n) is 22.7. The van der Waals surface area contributed by atoms with Gasteiger partial charge in [0.25, 0.3) is 0 Å². The first kappa shape index (κ1) is 117. The second-order valence-electron chi connectivity index (χ2n) is 34.3. The fourth-order valence-electron chi connectivity index (χ4n) is 13.5. The van der Waals surface area contributed by atoms with Crippen molar-refractivity contribution in [3.63, 3.8) is 0 Å². The number of sulfonamides is 4. The monoisotopic (exact) mass is 2120 g/mol. The van der Waals surface area contributed by atoms with Crippen molar-refractivity contribution in [1.29, 1.82) is 0 Å². The molecule has 0 amide bonds. The van der Waals surface area contributed by atoms with E-state index in [4.69, 9.17) is 27.9 Å². The number of aromatic nitrogens is 1. The quantitative estimate of drug-likeness (QED) is 0.0293. The van der Waals surface area contributed by atoms with E-state index in [-0.39, 0.29) is 73.5 Å². The van der Waals surface area contributed by atoms with E-state index in [0.29, 0.717) is 74.1 Å². The summed E-state index contributed by atoms with van der Waals surface area (Å²) in [5.41, 5.74) is 19.6. The fourth-order valence-corrected chi connectivity index (χ4v) is 21.9. The highest BCUT2D eigenvalue weighted by molar-refractivity contribution is 7.92. The maximum Gasteiger partial charge on any atom is 0.240 e. The standard InChI is InChI=1S/C16H17ClO3S.C16H16F2O2S.3C16H19NO2S.C15H14ClNO3S.C15H16FNO2S/c1-12-7-8-14(11-15(12)17)21(18,19)10-9-13-5-3-4-6-16(13)20-2;1-11-3-4-14(17)10-13(11)7-8-21(19,20)15-5-6-16(18)12(2)9-15;2*1-12-4-8-16(9-5-12)20(18,19)17-11-15-7-6-13(2)14(3)10-15;1-12-5-8-16(9-6-12)20(18,19)17-11-15-7-4-13(2)10-14(15)3;16-12-4-8-15(9-5-12)21(19,20)11-14(18)7-6-13-3-1-2-10-17-13;1-11-3-6-14(7-4-11)20(18,19)17-10-13-5-8-15(16)12(2)9-13/h3-8,11H,9-10H2,1-2H3;3-6,9-10H,7-8H2,1-2H3;3*4-10,17H,11H2,1-3H3;1-5,8-10H,6-7,11H2;3-9,17H,10H2,1-2H3. The first-order valence-electron chi connectivity index (χ1n) is 45.2. The maximum atomic E-state index is 13.2. The van der Waals surface area contributed by atoms with Crippen molar-refractivity contribution < 1.29 is 81.6 Å². The van der Waals surface area contributed by atoms with E-state index < -0.39 is 81.2 Å². The van der Waals surface area contributed by atoms with E-state index in [0.717, 1.165) is 89.6 Å². The van der Waals surface area contributed by atoms with Crippen LogP contribution in [-0.4, -0.2) is 94.1 Å². The van der Waals surface area contributed by atoms with Crippen molar-refractivity contribution in [3.8, 4) is 5.75 Å². The molecule has 143 heavy (non-hydrogen) atoms. The van der Waals surface area contributed by atoms with Gasteiger partial charge in [-0.1, -0.05) is 203 Å². The van der Waals surface area contributed by atoms with Crippen LogP contribution >= 0.6 is 23.2 Å². The van der Waals surface area contributed by atoms with E-state index in [1.165, 1.54) is 84.3 Å². The number of hydrogen-bond acceptors (Lipinski definition) is 17. The molecule has 14 aromatic rings. The molecule has 0 saturated heterocycles. The Morgan fingerprint density at radius 3 is 1.11 bits per heavy atom. The number of nitrogens with one attached hydrogen (secondary N) is 4. The lowest BCUT2D eigenvalue weighted by molar-refractivity contribution is -0.116. The first-order valence-corrected chi connectivity index (χ1v) is 56.8. The van der Waals surface area contributed by atoms with Gasteiger partial charge in [-0.15, -0.1) is 0 Å². The van der Waals surface area contributed by atoms with Gasteiger partial charge in [0.15, 0.2) is 29.5 Å². The number of nitrogens with zero attached hydrogens (tertiary/aromatic N) is 1. The molecule has 0 bridgehead atoms. The van der Waals surface area contributed by atoms with E-state index in [1.54, 1.807) is 160 Å². The zero-order chi connectivity index (χ0) is 105. The molecule has 0 saturated carbocycles. The number of aryl methyl sites for hydroxylation is 17. The molecule has 0 radical (unpaired) electrons. The van der Waals surface area contributed by atoms with Crippen LogP contribution in [0.5, 0.6) is 5.75 Å². The van der Waals surface area contributed by atoms with Crippen LogP contribution in [0.1, 0.15) is 123 Å². The van der Waals surface area contributed by atoms with Crippen molar-refractivity contribution in [2.24, 2.45) is 0 Å². The molecule has 758 valence electrons. The molecular formula is C110H120Cl2F3N5O16S7. The van der Waals surface area contributed by atoms with Gasteiger partial charge < -0.3 is 4.74 Å². The predicted octanol–water partition coefficient (Wildman–Crippen LogP) is 22.2. The van der Waals surface area contributed by atoms with Crippen molar-refractivity contribution in [1.82, 2.24) is 23.9 Å². The Kier molecular flexibility index (Phi) is 43.9. The third-order valence-corrected chi connectivity index (χ3v) is 34.2. The topological polar surface area (TPSA) is 326 Å². The summed E-state index contributed by atoms with van der Waals surface area (Å²) in [6.45, 7) is 27.7. The summed E-state index contributed by atoms with van der Waals surface area (Å²) in [4.78, 5) is 17.5. The van der Waals surface area contributed by atoms with Gasteiger partial charge in [0.1, 0.15) is 34.7 Å². The van der Waals surface area contributed by atoms with Crippen LogP contribution in [0.3, 0.4) is 0 Å². The number of rotatable bonds is 31. The molecule has 21 nitrogen and oxygen atoms in total. The number of ether oxygens (including phenoxy) is 1. The summed E-state index contributed by atoms with van der Waals surface area (Å²) < 4.78 is 226. The summed E-state index contributed by atoms with van der Waals surface area (Å²) in [6.07, 6.45) is 2.87. The smallest absolute Gasteiger partial charge is 0.240 e. The number of para-hydroxylation sites is 1. The molecule has 0 spiro atoms. The molecule has 0 atom stereocenters. The number of benzene rings is 13. The molecule has 13 aromatic carbocycles. The Labute approximate surface area is 852 Å². The number of methoxy groups -OCH3 is 1. The first-order chi connectivity index (χ1) is 67.2. The summed E-state index contributed by atoms with van der Waals surface area (Å²) in [6, 6.07) is 81.1. The minimum absolute atomic E-state index is 0.0206. The summed E-state index contributed by atoms with van der Waals surface area (Å²) >= 11 is 11.7. The van der Waals surface area contributed by atoms with Crippen molar-refractivity contribution in [2.75, 3.05) is 24.4 Å². The molecule has 1 heterocycles. The Morgan fingerprint density at radius 2 is 0.685 bits per heavy atom. The highest BCUT2D eigenvalue weighted by Gasteiger charge is 2.24. The van der Waals surface area contributed by atoms with E-state index in [2.05, 4.69) is 29.9 Å². The van der Waals surface area contributed by atoms with Crippen LogP contribution in [0.15, 0.2) is 332 Å². The highest BCUT2D eigenvalue weighted by Crippen LogP contribution is 2.27. The second kappa shape index (κ2) is 53.8. The van der Waals surface area contributed by atoms with Crippen LogP contribution in [0.4, 0.5) is 13.2 Å². The van der Waals surface area contributed by atoms with Gasteiger partial charge in [-0.25, -0.2) is 91.0 Å². The minimum Gasteiger partial charge on any atom is -0.496 e. The van der Waals surface area contributed by atoms with Gasteiger partial charge in [0, 0.05) is 54.5 Å². The SMILES string of the molecule is COc1ccccc1CCS(=O)(=O)c1ccc(C)c(Cl)c1.Cc1cc(S(=O)(=O)CCc2cc(F)ccc2C)ccc1F.Cc1ccc(S(=O)(=O)NCc2ccc(C)c(C)c2)cc1.Cc1ccc(S(=O)(=O)NCc2ccc(C)c(C)c2)cc1.Cc1ccc(S(=O)(=O)NCc2ccc(C)cc2C)cc1.Cc1ccc(S(=O)(=O)NCc2ccc(F)c(C)c2)cc1.O=C(CCc1ccccn1)CS(=O)(=O)c1ccc(Cl)cc1. The minimum atomic E-state index is -3.61. The lowest BCUT2D eigenvalue weighted by Crippen LogP contribution is -2.23. The second-order valence-corrected chi connectivity index (χ2v) is 48.4. The molecule has 4 N–H and O–H groups in total. The van der Waals surface area contributed by atoms with Gasteiger partial charge >= 0.3 is 0 Å². The number of carbonyl (C=O) groups is 1. The molecular weight excluding hydrogens is 2000 g/mol. The molecule has 0 aliphatic heterocycles. The van der Waals surface area contributed by atoms with Crippen molar-refractivity contribution in [2.45, 2.75) is 183 Å². The maximum absolute atomic E-state index is 13.2. The summed E-state index contributed by atoms with van der Waals surface area (Å²) in [7, 11) is -22.8. The molecule has 0 fully saturated rings. The van der Waals surface area contributed by atoms with Gasteiger partial charge in [0.05, 0.1) is 52.9 Å². The lowest BCUT2D eigenvalue weighted by atomic mass is 10.1. The van der Waals surface area contributed by atoms with Crippen LogP contribution in [0.2, 0.25) is 10.0 Å². The van der Waals surface area contributed by atoms with Crippen LogP contribution in [0.25, 0.3) is 0 Å². The number of ketones is 1. The number of sulfone groups is 3. The Hall–Kier alpha value is -11.7. The van der Waals surface area contributed by atoms with Gasteiger partial charge in [-0.3, -0.25) is 9.78 Å². The van der Waals surface area contributed by atoms with Gasteiger partial charge in [-0.05, 0) is 339 Å². The van der Waals surface area contributed by atoms with E-state index in [1.807, 2.05) is 162 Å². The van der Waals surface area contributed by atoms with Crippen LogP contribution in [-0.2, 0) is 120 Å². The molecule has 0 aliphatic rings. The lowest BCUT2D eigenvalue weighted by Gasteiger charge is -2.10. The Bertz CT molecular complexity index is 7270. The van der Waals surface area contributed by atoms with Gasteiger partial charge in [0.2, 0.25) is 40.1 Å². The number of carbonyl (C=O) groups excluding carboxylic acids is 1. The highest BCUT2D eigenvalue weighted by atomic mass is 35.5. The largest absolute Gasteiger partial charge is 0.496 e. The fraction of sp³-hybridized carbons (Fsp3) is 0.236. The van der Waals surface area contributed by atoms with Crippen LogP contribution < -0.4 is 23.6 Å². The van der Waals surface area contributed by atoms with Crippen molar-refractivity contribution >= 4 is 98.6 Å². The van der Waals surface area contributed by atoms with Crippen LogP contribution in [0, 0.1) is 114 Å². The Morgan fingerprint density at radius 1 is 0.308 bits per heavy atom. The number of pyridine rings is 1. The average molecular weight is 2120 g/mol.